The van der Waals surface area contributed by atoms with E-state index < -0.39 is 0 Å². The van der Waals surface area contributed by atoms with Gasteiger partial charge in [0.15, 0.2) is 0 Å². The molecule has 0 saturated carbocycles. The standard InChI is InChI=1S/C11H24S/c1-4-6-7-8-10-11(3,12)9-5-2/h12H,4-10H2,1-3H3. The monoisotopic (exact) mass is 188 g/mol. The molecule has 0 heterocycles. The molecule has 0 amide bonds. The van der Waals surface area contributed by atoms with Gasteiger partial charge in [-0.15, -0.1) is 0 Å². The molecule has 1 atom stereocenters. The maximum Gasteiger partial charge on any atom is 0.0101 e. The summed E-state index contributed by atoms with van der Waals surface area (Å²) in [4.78, 5) is 0. The molecule has 0 spiro atoms. The van der Waals surface area contributed by atoms with E-state index in [2.05, 4.69) is 33.4 Å². The summed E-state index contributed by atoms with van der Waals surface area (Å²) >= 11 is 4.67. The third kappa shape index (κ3) is 7.02. The van der Waals surface area contributed by atoms with Gasteiger partial charge in [-0.2, -0.15) is 12.6 Å². The lowest BCUT2D eigenvalue weighted by Gasteiger charge is -2.22. The van der Waals surface area contributed by atoms with Crippen molar-refractivity contribution >= 4 is 12.6 Å². The van der Waals surface area contributed by atoms with Gasteiger partial charge in [0, 0.05) is 4.75 Å². The van der Waals surface area contributed by atoms with Crippen molar-refractivity contribution in [3.63, 3.8) is 0 Å². The predicted octanol–water partition coefficient (Wildman–Crippen LogP) is 4.45. The highest BCUT2D eigenvalue weighted by atomic mass is 32.1. The molecule has 0 saturated heterocycles. The summed E-state index contributed by atoms with van der Waals surface area (Å²) < 4.78 is 0.294. The Bertz CT molecular complexity index is 97.2. The number of hydrogen-bond acceptors (Lipinski definition) is 1. The number of thiol groups is 1. The van der Waals surface area contributed by atoms with Gasteiger partial charge in [0.05, 0.1) is 0 Å². The first-order valence-corrected chi connectivity index (χ1v) is 5.79. The van der Waals surface area contributed by atoms with Crippen molar-refractivity contribution in [1.82, 2.24) is 0 Å². The van der Waals surface area contributed by atoms with E-state index >= 15 is 0 Å². The highest BCUT2D eigenvalue weighted by Gasteiger charge is 2.16. The Morgan fingerprint density at radius 2 is 1.58 bits per heavy atom. The fraction of sp³-hybridized carbons (Fsp3) is 1.00. The SMILES string of the molecule is CCCCCCC(C)(S)CCC. The summed E-state index contributed by atoms with van der Waals surface area (Å²) in [5.41, 5.74) is 0. The lowest BCUT2D eigenvalue weighted by Crippen LogP contribution is -2.15. The Labute approximate surface area is 83.5 Å². The van der Waals surface area contributed by atoms with Crippen LogP contribution in [0.1, 0.15) is 65.7 Å². The zero-order valence-electron chi connectivity index (χ0n) is 8.90. The average Bonchev–Trinajstić information content (AvgIpc) is 1.98. The molecule has 74 valence electrons. The fourth-order valence-corrected chi connectivity index (χ4v) is 1.98. The first-order chi connectivity index (χ1) is 5.62. The zero-order valence-corrected chi connectivity index (χ0v) is 9.79. The Kier molecular flexibility index (Phi) is 7.02. The molecule has 0 bridgehead atoms. The topological polar surface area (TPSA) is 0 Å². The molecule has 0 aromatic rings. The second kappa shape index (κ2) is 6.82. The van der Waals surface area contributed by atoms with Crippen LogP contribution in [-0.2, 0) is 0 Å². The zero-order chi connectivity index (χ0) is 9.45. The largest absolute Gasteiger partial charge is 0.173 e. The average molecular weight is 188 g/mol. The van der Waals surface area contributed by atoms with E-state index in [1.165, 1.54) is 44.9 Å². The second-order valence-electron chi connectivity index (χ2n) is 4.06. The molecule has 0 radical (unpaired) electrons. The fourth-order valence-electron chi connectivity index (χ4n) is 1.60. The third-order valence-corrected chi connectivity index (χ3v) is 2.80. The van der Waals surface area contributed by atoms with Gasteiger partial charge in [-0.25, -0.2) is 0 Å². The van der Waals surface area contributed by atoms with Gasteiger partial charge < -0.3 is 0 Å². The van der Waals surface area contributed by atoms with E-state index in [-0.39, 0.29) is 0 Å². The van der Waals surface area contributed by atoms with E-state index in [9.17, 15) is 0 Å². The maximum atomic E-state index is 4.67. The van der Waals surface area contributed by atoms with E-state index in [1.807, 2.05) is 0 Å². The first-order valence-electron chi connectivity index (χ1n) is 5.34. The Morgan fingerprint density at radius 3 is 2.08 bits per heavy atom. The molecule has 0 rings (SSSR count). The van der Waals surface area contributed by atoms with Gasteiger partial charge in [-0.1, -0.05) is 52.9 Å². The van der Waals surface area contributed by atoms with Crippen LogP contribution >= 0.6 is 12.6 Å². The smallest absolute Gasteiger partial charge is 0.0101 e. The summed E-state index contributed by atoms with van der Waals surface area (Å²) in [6, 6.07) is 0. The van der Waals surface area contributed by atoms with Crippen molar-refractivity contribution in [3.8, 4) is 0 Å². The quantitative estimate of drug-likeness (QED) is 0.443. The van der Waals surface area contributed by atoms with Crippen LogP contribution in [0.3, 0.4) is 0 Å². The van der Waals surface area contributed by atoms with Gasteiger partial charge in [0.25, 0.3) is 0 Å². The number of unbranched alkanes of at least 4 members (excludes halogenated alkanes) is 3. The van der Waals surface area contributed by atoms with Gasteiger partial charge >= 0.3 is 0 Å². The molecular weight excluding hydrogens is 164 g/mol. The molecule has 0 aliphatic heterocycles. The highest BCUT2D eigenvalue weighted by Crippen LogP contribution is 2.27. The van der Waals surface area contributed by atoms with Gasteiger partial charge in [-0.3, -0.25) is 0 Å². The van der Waals surface area contributed by atoms with Crippen LogP contribution in [0.25, 0.3) is 0 Å². The van der Waals surface area contributed by atoms with E-state index in [0.29, 0.717) is 4.75 Å². The van der Waals surface area contributed by atoms with Crippen LogP contribution in [0.15, 0.2) is 0 Å². The van der Waals surface area contributed by atoms with Gasteiger partial charge in [0.2, 0.25) is 0 Å². The molecule has 1 unspecified atom stereocenters. The molecule has 12 heavy (non-hydrogen) atoms. The molecule has 1 heteroatoms. The minimum atomic E-state index is 0.294. The molecule has 0 aliphatic rings. The van der Waals surface area contributed by atoms with E-state index in [1.54, 1.807) is 0 Å². The van der Waals surface area contributed by atoms with Crippen molar-refractivity contribution < 1.29 is 0 Å². The molecule has 0 aromatic heterocycles. The molecular formula is C11H24S. The Hall–Kier alpha value is 0.350. The van der Waals surface area contributed by atoms with Crippen molar-refractivity contribution in [2.75, 3.05) is 0 Å². The molecule has 0 nitrogen and oxygen atoms in total. The van der Waals surface area contributed by atoms with Crippen molar-refractivity contribution in [2.45, 2.75) is 70.5 Å². The van der Waals surface area contributed by atoms with Crippen LogP contribution < -0.4 is 0 Å². The normalized spacial score (nSPS) is 16.0. The third-order valence-electron chi connectivity index (χ3n) is 2.36. The summed E-state index contributed by atoms with van der Waals surface area (Å²) in [5.74, 6) is 0. The summed E-state index contributed by atoms with van der Waals surface area (Å²) in [6.07, 6.45) is 9.25. The first kappa shape index (κ1) is 12.3. The van der Waals surface area contributed by atoms with Gasteiger partial charge in [0.1, 0.15) is 0 Å². The van der Waals surface area contributed by atoms with Crippen molar-refractivity contribution in [2.24, 2.45) is 0 Å². The predicted molar refractivity (Wildman–Crippen MR) is 61.1 cm³/mol. The lowest BCUT2D eigenvalue weighted by molar-refractivity contribution is 0.499. The molecule has 0 fully saturated rings. The summed E-state index contributed by atoms with van der Waals surface area (Å²) in [5, 5.41) is 0. The Balaban J connectivity index is 3.33. The minimum Gasteiger partial charge on any atom is -0.173 e. The second-order valence-corrected chi connectivity index (χ2v) is 5.14. The molecule has 0 N–H and O–H groups in total. The van der Waals surface area contributed by atoms with Gasteiger partial charge in [-0.05, 0) is 12.8 Å². The molecule has 0 aromatic carbocycles. The van der Waals surface area contributed by atoms with Crippen LogP contribution in [0.2, 0.25) is 0 Å². The van der Waals surface area contributed by atoms with Crippen LogP contribution in [0.5, 0.6) is 0 Å². The Morgan fingerprint density at radius 1 is 0.917 bits per heavy atom. The maximum absolute atomic E-state index is 4.67. The summed E-state index contributed by atoms with van der Waals surface area (Å²) in [6.45, 7) is 6.76. The number of hydrogen-bond donors (Lipinski definition) is 1. The minimum absolute atomic E-state index is 0.294. The highest BCUT2D eigenvalue weighted by molar-refractivity contribution is 7.81. The summed E-state index contributed by atoms with van der Waals surface area (Å²) in [7, 11) is 0. The van der Waals surface area contributed by atoms with Crippen LogP contribution in [-0.4, -0.2) is 4.75 Å². The lowest BCUT2D eigenvalue weighted by atomic mass is 9.97. The van der Waals surface area contributed by atoms with Crippen LogP contribution in [0, 0.1) is 0 Å². The van der Waals surface area contributed by atoms with Crippen molar-refractivity contribution in [3.05, 3.63) is 0 Å². The van der Waals surface area contributed by atoms with Crippen LogP contribution in [0.4, 0.5) is 0 Å². The van der Waals surface area contributed by atoms with E-state index in [4.69, 9.17) is 0 Å². The number of rotatable bonds is 7. The van der Waals surface area contributed by atoms with Crippen molar-refractivity contribution in [1.29, 1.82) is 0 Å². The van der Waals surface area contributed by atoms with E-state index in [0.717, 1.165) is 0 Å². The molecule has 0 aliphatic carbocycles.